The van der Waals surface area contributed by atoms with Crippen LogP contribution in [0.3, 0.4) is 0 Å². The molecule has 0 saturated carbocycles. The lowest BCUT2D eigenvalue weighted by Gasteiger charge is -2.14. The van der Waals surface area contributed by atoms with E-state index in [0.717, 1.165) is 17.3 Å². The van der Waals surface area contributed by atoms with Gasteiger partial charge in [0, 0.05) is 18.1 Å². The lowest BCUT2D eigenvalue weighted by atomic mass is 9.99. The highest BCUT2D eigenvalue weighted by molar-refractivity contribution is 8.14. The molecule has 3 aromatic carbocycles. The topological polar surface area (TPSA) is 92.3 Å². The Labute approximate surface area is 190 Å². The predicted octanol–water partition coefficient (Wildman–Crippen LogP) is 4.70. The highest BCUT2D eigenvalue weighted by Gasteiger charge is 2.18. The fraction of sp³-hybridized carbons (Fsp3) is 0.120. The fourth-order valence-electron chi connectivity index (χ4n) is 3.03. The van der Waals surface area contributed by atoms with Crippen molar-refractivity contribution in [1.29, 1.82) is 0 Å². The van der Waals surface area contributed by atoms with E-state index >= 15 is 0 Å². The third kappa shape index (κ3) is 5.92. The Bertz CT molecular complexity index is 1180. The van der Waals surface area contributed by atoms with Crippen LogP contribution in [0, 0.1) is 6.92 Å². The maximum atomic E-state index is 13.0. The quantitative estimate of drug-likeness (QED) is 0.514. The molecule has 0 unspecified atom stereocenters. The molecule has 0 aliphatic carbocycles. The molecule has 0 aliphatic heterocycles. The van der Waals surface area contributed by atoms with Crippen molar-refractivity contribution in [3.63, 3.8) is 0 Å². The monoisotopic (exact) mass is 446 g/mol. The van der Waals surface area contributed by atoms with E-state index in [2.05, 4.69) is 10.6 Å². The van der Waals surface area contributed by atoms with Gasteiger partial charge < -0.3 is 10.6 Å². The van der Waals surface area contributed by atoms with Gasteiger partial charge in [-0.1, -0.05) is 65.9 Å². The summed E-state index contributed by atoms with van der Waals surface area (Å²) in [7, 11) is 0. The van der Waals surface area contributed by atoms with Crippen molar-refractivity contribution >= 4 is 45.8 Å². The molecule has 0 aromatic heterocycles. The average molecular weight is 447 g/mol. The van der Waals surface area contributed by atoms with E-state index in [0.29, 0.717) is 22.5 Å². The van der Waals surface area contributed by atoms with E-state index in [-0.39, 0.29) is 28.1 Å². The summed E-state index contributed by atoms with van der Waals surface area (Å²) >= 11 is 0.891. The van der Waals surface area contributed by atoms with E-state index in [1.807, 2.05) is 19.1 Å². The van der Waals surface area contributed by atoms with E-state index in [9.17, 15) is 19.2 Å². The largest absolute Gasteiger partial charge is 0.325 e. The summed E-state index contributed by atoms with van der Waals surface area (Å²) in [6, 6.07) is 20.6. The number of benzene rings is 3. The van der Waals surface area contributed by atoms with Gasteiger partial charge in [0.1, 0.15) is 0 Å². The van der Waals surface area contributed by atoms with E-state index in [4.69, 9.17) is 0 Å². The van der Waals surface area contributed by atoms with Crippen LogP contribution in [0.4, 0.5) is 11.4 Å². The molecule has 7 heteroatoms. The Kier molecular flexibility index (Phi) is 7.57. The summed E-state index contributed by atoms with van der Waals surface area (Å²) in [5.74, 6) is -1.10. The molecule has 2 amide bonds. The molecule has 6 nitrogen and oxygen atoms in total. The van der Waals surface area contributed by atoms with Crippen molar-refractivity contribution < 1.29 is 19.2 Å². The van der Waals surface area contributed by atoms with Gasteiger partial charge in [0.25, 0.3) is 5.91 Å². The van der Waals surface area contributed by atoms with Gasteiger partial charge in [-0.15, -0.1) is 0 Å². The molecular weight excluding hydrogens is 424 g/mol. The lowest BCUT2D eigenvalue weighted by Crippen LogP contribution is -2.20. The van der Waals surface area contributed by atoms with Crippen LogP contribution >= 0.6 is 11.8 Å². The number of carbonyl (C=O) groups excluding carboxylic acids is 4. The van der Waals surface area contributed by atoms with Gasteiger partial charge in [-0.05, 0) is 31.2 Å². The van der Waals surface area contributed by atoms with E-state index in [1.54, 1.807) is 60.7 Å². The Balaban J connectivity index is 1.85. The Morgan fingerprint density at radius 1 is 0.781 bits per heavy atom. The molecule has 3 aromatic rings. The number of anilines is 2. The van der Waals surface area contributed by atoms with Crippen LogP contribution in [0.5, 0.6) is 0 Å². The van der Waals surface area contributed by atoms with Gasteiger partial charge in [0.05, 0.1) is 22.7 Å². The second-order valence-electron chi connectivity index (χ2n) is 7.07. The van der Waals surface area contributed by atoms with Crippen LogP contribution in [-0.2, 0) is 9.59 Å². The number of carbonyl (C=O) groups is 4. The smallest absolute Gasteiger partial charge is 0.257 e. The third-order valence-corrected chi connectivity index (χ3v) is 5.37. The normalized spacial score (nSPS) is 10.3. The molecule has 0 aliphatic rings. The number of amides is 2. The molecule has 0 radical (unpaired) electrons. The standard InChI is InChI=1S/C25H22N2O4S/c1-16-12-13-22(20(14-16)24(30)18-8-4-3-5-9-18)27-25(31)19-10-6-7-11-21(19)26-23(29)15-32-17(2)28/h3-14H,15H2,1-2H3,(H,26,29)(H,27,31). The van der Waals surface area contributed by atoms with Gasteiger partial charge in [0.2, 0.25) is 5.91 Å². The van der Waals surface area contributed by atoms with Crippen LogP contribution in [0.1, 0.15) is 38.8 Å². The molecule has 3 rings (SSSR count). The number of aryl methyl sites for hydroxylation is 1. The summed E-state index contributed by atoms with van der Waals surface area (Å²) in [5.41, 5.74) is 2.73. The van der Waals surface area contributed by atoms with Crippen molar-refractivity contribution in [1.82, 2.24) is 0 Å². The van der Waals surface area contributed by atoms with Crippen LogP contribution < -0.4 is 10.6 Å². The number of hydrogen-bond donors (Lipinski definition) is 2. The number of ketones is 1. The van der Waals surface area contributed by atoms with Gasteiger partial charge >= 0.3 is 0 Å². The lowest BCUT2D eigenvalue weighted by molar-refractivity contribution is -0.114. The van der Waals surface area contributed by atoms with Crippen molar-refractivity contribution in [3.8, 4) is 0 Å². The molecule has 0 saturated heterocycles. The van der Waals surface area contributed by atoms with Crippen molar-refractivity contribution in [3.05, 3.63) is 95.1 Å². The number of thioether (sulfide) groups is 1. The first-order chi connectivity index (χ1) is 15.3. The first-order valence-electron chi connectivity index (χ1n) is 9.89. The first-order valence-corrected chi connectivity index (χ1v) is 10.9. The summed E-state index contributed by atoms with van der Waals surface area (Å²) in [4.78, 5) is 49.3. The molecule has 0 atom stereocenters. The van der Waals surface area contributed by atoms with Crippen LogP contribution in [0.25, 0.3) is 0 Å². The highest BCUT2D eigenvalue weighted by atomic mass is 32.2. The predicted molar refractivity (Wildman–Crippen MR) is 127 cm³/mol. The minimum Gasteiger partial charge on any atom is -0.325 e. The summed E-state index contributed by atoms with van der Waals surface area (Å²) < 4.78 is 0. The second kappa shape index (κ2) is 10.5. The van der Waals surface area contributed by atoms with Crippen LogP contribution in [0.2, 0.25) is 0 Å². The minimum absolute atomic E-state index is 0.0427. The van der Waals surface area contributed by atoms with E-state index < -0.39 is 5.91 Å². The Morgan fingerprint density at radius 2 is 1.44 bits per heavy atom. The van der Waals surface area contributed by atoms with Crippen LogP contribution in [0.15, 0.2) is 72.8 Å². The Hall–Kier alpha value is -3.71. The van der Waals surface area contributed by atoms with Gasteiger partial charge in [-0.25, -0.2) is 0 Å². The molecule has 0 bridgehead atoms. The van der Waals surface area contributed by atoms with Gasteiger partial charge in [-0.3, -0.25) is 19.2 Å². The number of nitrogens with one attached hydrogen (secondary N) is 2. The minimum atomic E-state index is -0.467. The van der Waals surface area contributed by atoms with Crippen LogP contribution in [-0.4, -0.2) is 28.5 Å². The maximum absolute atomic E-state index is 13.0. The zero-order valence-electron chi connectivity index (χ0n) is 17.7. The molecule has 0 heterocycles. The summed E-state index contributed by atoms with van der Waals surface area (Å²) in [5, 5.41) is 5.30. The zero-order chi connectivity index (χ0) is 23.1. The van der Waals surface area contributed by atoms with Crippen molar-refractivity contribution in [2.45, 2.75) is 13.8 Å². The molecule has 32 heavy (non-hydrogen) atoms. The molecular formula is C25H22N2O4S. The third-order valence-electron chi connectivity index (χ3n) is 4.56. The molecule has 2 N–H and O–H groups in total. The summed E-state index contributed by atoms with van der Waals surface area (Å²) in [6.45, 7) is 3.26. The maximum Gasteiger partial charge on any atom is 0.257 e. The zero-order valence-corrected chi connectivity index (χ0v) is 18.5. The Morgan fingerprint density at radius 3 is 2.16 bits per heavy atom. The first kappa shape index (κ1) is 23.0. The molecule has 0 spiro atoms. The fourth-order valence-corrected chi connectivity index (χ4v) is 3.44. The van der Waals surface area contributed by atoms with E-state index in [1.165, 1.54) is 6.92 Å². The number of rotatable bonds is 7. The average Bonchev–Trinajstić information content (AvgIpc) is 2.79. The molecule has 0 fully saturated rings. The number of para-hydroxylation sites is 1. The summed E-state index contributed by atoms with van der Waals surface area (Å²) in [6.07, 6.45) is 0. The number of hydrogen-bond acceptors (Lipinski definition) is 5. The van der Waals surface area contributed by atoms with Crippen molar-refractivity contribution in [2.24, 2.45) is 0 Å². The van der Waals surface area contributed by atoms with Crippen molar-refractivity contribution in [2.75, 3.05) is 16.4 Å². The SMILES string of the molecule is CC(=O)SCC(=O)Nc1ccccc1C(=O)Nc1ccc(C)cc1C(=O)c1ccccc1. The molecule has 162 valence electrons. The highest BCUT2D eigenvalue weighted by Crippen LogP contribution is 2.24. The van der Waals surface area contributed by atoms with Gasteiger partial charge in [0.15, 0.2) is 10.9 Å². The second-order valence-corrected chi connectivity index (χ2v) is 8.22. The van der Waals surface area contributed by atoms with Gasteiger partial charge in [-0.2, -0.15) is 0 Å².